The maximum Gasteiger partial charge on any atom is 0.338 e. The van der Waals surface area contributed by atoms with Crippen LogP contribution in [-0.2, 0) is 14.3 Å². The summed E-state index contributed by atoms with van der Waals surface area (Å²) in [6.45, 7) is -0.0913. The molecule has 204 valence electrons. The molecule has 2 aromatic carbocycles. The molecule has 1 fully saturated rings. The second kappa shape index (κ2) is 11.9. The van der Waals surface area contributed by atoms with Crippen LogP contribution in [0.5, 0.6) is 0 Å². The molecule has 5 rings (SSSR count). The fourth-order valence-electron chi connectivity index (χ4n) is 4.64. The summed E-state index contributed by atoms with van der Waals surface area (Å²) in [5.74, 6) is 0.311. The SMILES string of the molecule is COCC(=O)Nc1ccc(N2C(=S)N[C@H](c3ccccn3)[C@@H]2c2ccc(-c3ccccc3C(=O)OC)o2)cc1Cl. The highest BCUT2D eigenvalue weighted by Gasteiger charge is 2.43. The highest BCUT2D eigenvalue weighted by molar-refractivity contribution is 7.80. The Labute approximate surface area is 241 Å². The second-order valence-corrected chi connectivity index (χ2v) is 9.68. The van der Waals surface area contributed by atoms with E-state index in [0.29, 0.717) is 44.2 Å². The number of pyridine rings is 1. The van der Waals surface area contributed by atoms with Crippen molar-refractivity contribution in [3.8, 4) is 11.3 Å². The quantitative estimate of drug-likeness (QED) is 0.206. The van der Waals surface area contributed by atoms with Gasteiger partial charge in [0.2, 0.25) is 5.91 Å². The van der Waals surface area contributed by atoms with Gasteiger partial charge in [-0.2, -0.15) is 0 Å². The van der Waals surface area contributed by atoms with Gasteiger partial charge in [0.15, 0.2) is 5.11 Å². The Morgan fingerprint density at radius 2 is 1.90 bits per heavy atom. The molecule has 0 unspecified atom stereocenters. The number of carbonyl (C=O) groups is 2. The molecule has 1 aliphatic rings. The Morgan fingerprint density at radius 1 is 1.10 bits per heavy atom. The predicted molar refractivity (Wildman–Crippen MR) is 155 cm³/mol. The lowest BCUT2D eigenvalue weighted by Gasteiger charge is -2.26. The third-order valence-corrected chi connectivity index (χ3v) is 7.02. The van der Waals surface area contributed by atoms with E-state index in [1.165, 1.54) is 14.2 Å². The van der Waals surface area contributed by atoms with Crippen molar-refractivity contribution in [3.63, 3.8) is 0 Å². The maximum atomic E-state index is 12.4. The van der Waals surface area contributed by atoms with Gasteiger partial charge in [-0.1, -0.05) is 35.9 Å². The number of furan rings is 1. The number of nitrogens with zero attached hydrogens (tertiary/aromatic N) is 2. The normalized spacial score (nSPS) is 16.5. The lowest BCUT2D eigenvalue weighted by molar-refractivity contribution is -0.119. The van der Waals surface area contributed by atoms with Crippen molar-refractivity contribution in [1.82, 2.24) is 10.3 Å². The zero-order chi connectivity index (χ0) is 28.2. The third-order valence-electron chi connectivity index (χ3n) is 6.39. The summed E-state index contributed by atoms with van der Waals surface area (Å²) in [6.07, 6.45) is 1.72. The van der Waals surface area contributed by atoms with Crippen LogP contribution in [0, 0.1) is 0 Å². The van der Waals surface area contributed by atoms with Crippen molar-refractivity contribution in [3.05, 3.63) is 101 Å². The molecular formula is C29H25ClN4O5S. The summed E-state index contributed by atoms with van der Waals surface area (Å²) < 4.78 is 16.2. The Balaban J connectivity index is 1.56. The highest BCUT2D eigenvalue weighted by atomic mass is 35.5. The molecule has 0 spiro atoms. The molecule has 0 saturated carbocycles. The van der Waals surface area contributed by atoms with Crippen molar-refractivity contribution in [2.45, 2.75) is 12.1 Å². The molecular weight excluding hydrogens is 552 g/mol. The third kappa shape index (κ3) is 5.42. The van der Waals surface area contributed by atoms with Gasteiger partial charge in [0.25, 0.3) is 0 Å². The molecule has 2 N–H and O–H groups in total. The van der Waals surface area contributed by atoms with E-state index in [4.69, 9.17) is 37.7 Å². The largest absolute Gasteiger partial charge is 0.465 e. The molecule has 4 aromatic rings. The molecule has 1 aliphatic heterocycles. The number of hydrogen-bond donors (Lipinski definition) is 2. The lowest BCUT2D eigenvalue weighted by atomic mass is 10.0. The van der Waals surface area contributed by atoms with Crippen LogP contribution < -0.4 is 15.5 Å². The Hall–Kier alpha value is -4.25. The molecule has 11 heteroatoms. The minimum atomic E-state index is -0.461. The van der Waals surface area contributed by atoms with Gasteiger partial charge in [-0.15, -0.1) is 0 Å². The van der Waals surface area contributed by atoms with Gasteiger partial charge >= 0.3 is 5.97 Å². The van der Waals surface area contributed by atoms with Crippen LogP contribution >= 0.6 is 23.8 Å². The van der Waals surface area contributed by atoms with Crippen LogP contribution in [-0.4, -0.2) is 42.8 Å². The number of carbonyl (C=O) groups excluding carboxylic acids is 2. The monoisotopic (exact) mass is 576 g/mol. The topological polar surface area (TPSA) is 106 Å². The fourth-order valence-corrected chi connectivity index (χ4v) is 5.20. The number of halogens is 1. The van der Waals surface area contributed by atoms with Crippen molar-refractivity contribution >= 4 is 52.2 Å². The van der Waals surface area contributed by atoms with Gasteiger partial charge in [-0.25, -0.2) is 4.79 Å². The number of anilines is 2. The van der Waals surface area contributed by atoms with Gasteiger partial charge < -0.3 is 29.4 Å². The standard InChI is InChI=1S/C29H25ClN4O5S/c1-37-16-25(35)32-21-11-10-17(15-20(21)30)34-27(26(33-29(34)40)22-9-5-6-14-31-22)24-13-12-23(39-24)18-7-3-4-8-19(18)28(36)38-2/h3-15,26-27H,16H2,1-2H3,(H,32,35)(H,33,40)/t26-,27+/m1/s1. The Kier molecular flexibility index (Phi) is 8.11. The molecule has 3 heterocycles. The smallest absolute Gasteiger partial charge is 0.338 e. The van der Waals surface area contributed by atoms with Gasteiger partial charge in [-0.3, -0.25) is 9.78 Å². The van der Waals surface area contributed by atoms with E-state index in [0.717, 1.165) is 5.69 Å². The summed E-state index contributed by atoms with van der Waals surface area (Å²) in [4.78, 5) is 30.9. The summed E-state index contributed by atoms with van der Waals surface area (Å²) in [5.41, 5.74) is 2.89. The molecule has 9 nitrogen and oxygen atoms in total. The van der Waals surface area contributed by atoms with Crippen molar-refractivity contribution < 1.29 is 23.5 Å². The first-order chi connectivity index (χ1) is 19.4. The minimum absolute atomic E-state index is 0.0913. The van der Waals surface area contributed by atoms with Crippen LogP contribution in [0.25, 0.3) is 11.3 Å². The molecule has 2 atom stereocenters. The Morgan fingerprint density at radius 3 is 2.62 bits per heavy atom. The van der Waals surface area contributed by atoms with Gasteiger partial charge in [0, 0.05) is 24.6 Å². The van der Waals surface area contributed by atoms with Gasteiger partial charge in [0.1, 0.15) is 24.2 Å². The van der Waals surface area contributed by atoms with Crippen molar-refractivity contribution in [2.24, 2.45) is 0 Å². The maximum absolute atomic E-state index is 12.4. The van der Waals surface area contributed by atoms with Crippen LogP contribution in [0.1, 0.15) is 33.9 Å². The molecule has 0 bridgehead atoms. The van der Waals surface area contributed by atoms with E-state index >= 15 is 0 Å². The number of nitrogens with one attached hydrogen (secondary N) is 2. The number of aromatic nitrogens is 1. The zero-order valence-electron chi connectivity index (χ0n) is 21.6. The molecule has 0 aliphatic carbocycles. The van der Waals surface area contributed by atoms with Crippen LogP contribution in [0.4, 0.5) is 11.4 Å². The predicted octanol–water partition coefficient (Wildman–Crippen LogP) is 5.54. The summed E-state index contributed by atoms with van der Waals surface area (Å²) in [7, 11) is 2.78. The van der Waals surface area contributed by atoms with E-state index < -0.39 is 12.0 Å². The first kappa shape index (κ1) is 27.3. The fraction of sp³-hybridized carbons (Fsp3) is 0.172. The average Bonchev–Trinajstić information content (AvgIpc) is 3.59. The molecule has 40 heavy (non-hydrogen) atoms. The zero-order valence-corrected chi connectivity index (χ0v) is 23.2. The van der Waals surface area contributed by atoms with Gasteiger partial charge in [0.05, 0.1) is 35.1 Å². The summed E-state index contributed by atoms with van der Waals surface area (Å²) >= 11 is 12.3. The molecule has 1 amide bonds. The molecule has 1 saturated heterocycles. The van der Waals surface area contributed by atoms with Crippen molar-refractivity contribution in [1.29, 1.82) is 0 Å². The second-order valence-electron chi connectivity index (χ2n) is 8.88. The molecule has 2 aromatic heterocycles. The lowest BCUT2D eigenvalue weighted by Crippen LogP contribution is -2.29. The first-order valence-corrected chi connectivity index (χ1v) is 13.1. The van der Waals surface area contributed by atoms with Crippen molar-refractivity contribution in [2.75, 3.05) is 31.0 Å². The number of benzene rings is 2. The van der Waals surface area contributed by atoms with E-state index in [2.05, 4.69) is 15.6 Å². The van der Waals surface area contributed by atoms with Crippen LogP contribution in [0.2, 0.25) is 5.02 Å². The first-order valence-electron chi connectivity index (χ1n) is 12.3. The Bertz CT molecular complexity index is 1560. The number of thiocarbonyl (C=S) groups is 1. The number of methoxy groups -OCH3 is 2. The number of amides is 1. The number of ether oxygens (including phenoxy) is 2. The van der Waals surface area contributed by atoms with E-state index in [1.807, 2.05) is 47.4 Å². The van der Waals surface area contributed by atoms with E-state index in [9.17, 15) is 9.59 Å². The minimum Gasteiger partial charge on any atom is -0.465 e. The number of hydrogen-bond acceptors (Lipinski definition) is 7. The highest BCUT2D eigenvalue weighted by Crippen LogP contribution is 2.44. The summed E-state index contributed by atoms with van der Waals surface area (Å²) in [6, 6.07) is 20.8. The van der Waals surface area contributed by atoms with Gasteiger partial charge in [-0.05, 0) is 60.7 Å². The van der Waals surface area contributed by atoms with E-state index in [-0.39, 0.29) is 18.6 Å². The number of rotatable bonds is 8. The average molecular weight is 577 g/mol. The van der Waals surface area contributed by atoms with E-state index in [1.54, 1.807) is 36.5 Å². The number of esters is 1. The summed E-state index contributed by atoms with van der Waals surface area (Å²) in [5, 5.41) is 6.87. The molecule has 0 radical (unpaired) electrons. The van der Waals surface area contributed by atoms with Crippen LogP contribution in [0.15, 0.2) is 83.4 Å². The van der Waals surface area contributed by atoms with Crippen LogP contribution in [0.3, 0.4) is 0 Å².